The second kappa shape index (κ2) is 9.45. The first-order chi connectivity index (χ1) is 12.9. The highest BCUT2D eigenvalue weighted by Crippen LogP contribution is 2.22. The third kappa shape index (κ3) is 5.75. The van der Waals surface area contributed by atoms with E-state index in [2.05, 4.69) is 10.0 Å². The molecule has 1 amide bonds. The highest BCUT2D eigenvalue weighted by molar-refractivity contribution is 7.89. The monoisotopic (exact) mass is 396 g/mol. The maximum atomic E-state index is 14.0. The average molecular weight is 396 g/mol. The number of anilines is 1. The van der Waals surface area contributed by atoms with Gasteiger partial charge in [-0.2, -0.15) is 0 Å². The molecule has 0 radical (unpaired) electrons. The summed E-state index contributed by atoms with van der Waals surface area (Å²) in [6.07, 6.45) is 0. The van der Waals surface area contributed by atoms with E-state index in [4.69, 9.17) is 9.47 Å². The van der Waals surface area contributed by atoms with Crippen molar-refractivity contribution in [1.82, 2.24) is 4.72 Å². The zero-order chi connectivity index (χ0) is 19.9. The highest BCUT2D eigenvalue weighted by Gasteiger charge is 2.14. The van der Waals surface area contributed by atoms with Crippen LogP contribution in [0.15, 0.2) is 47.4 Å². The third-order valence-corrected chi connectivity index (χ3v) is 5.06. The molecule has 0 heterocycles. The SMILES string of the molecule is CCNS(=O)(=O)c1ccc(C(=O)Nc2ccc(OCCOC)c(F)c2)cc1. The molecule has 146 valence electrons. The number of carbonyl (C=O) groups excluding carboxylic acids is 1. The van der Waals surface area contributed by atoms with Crippen molar-refractivity contribution in [2.75, 3.05) is 32.2 Å². The lowest BCUT2D eigenvalue weighted by Gasteiger charge is -2.10. The summed E-state index contributed by atoms with van der Waals surface area (Å²) in [6, 6.07) is 9.50. The van der Waals surface area contributed by atoms with Crippen LogP contribution < -0.4 is 14.8 Å². The van der Waals surface area contributed by atoms with E-state index in [9.17, 15) is 17.6 Å². The van der Waals surface area contributed by atoms with Gasteiger partial charge in [0.25, 0.3) is 5.91 Å². The summed E-state index contributed by atoms with van der Waals surface area (Å²) >= 11 is 0. The Morgan fingerprint density at radius 2 is 1.81 bits per heavy atom. The largest absolute Gasteiger partial charge is 0.488 e. The third-order valence-electron chi connectivity index (χ3n) is 3.50. The van der Waals surface area contributed by atoms with E-state index in [1.807, 2.05) is 0 Å². The van der Waals surface area contributed by atoms with Gasteiger partial charge in [-0.1, -0.05) is 6.92 Å². The van der Waals surface area contributed by atoms with Crippen LogP contribution in [-0.4, -0.2) is 41.2 Å². The topological polar surface area (TPSA) is 93.7 Å². The van der Waals surface area contributed by atoms with Crippen molar-refractivity contribution < 1.29 is 27.1 Å². The number of methoxy groups -OCH3 is 1. The van der Waals surface area contributed by atoms with Crippen molar-refractivity contribution in [2.24, 2.45) is 0 Å². The van der Waals surface area contributed by atoms with Gasteiger partial charge in [0.1, 0.15) is 6.61 Å². The Bertz CT molecular complexity index is 885. The molecular formula is C18H21FN2O5S. The molecule has 7 nitrogen and oxygen atoms in total. The molecule has 0 bridgehead atoms. The highest BCUT2D eigenvalue weighted by atomic mass is 32.2. The Labute approximate surface area is 157 Å². The average Bonchev–Trinajstić information content (AvgIpc) is 2.64. The fourth-order valence-corrected chi connectivity index (χ4v) is 3.23. The molecular weight excluding hydrogens is 375 g/mol. The van der Waals surface area contributed by atoms with E-state index in [-0.39, 0.29) is 35.0 Å². The molecule has 9 heteroatoms. The summed E-state index contributed by atoms with van der Waals surface area (Å²) in [7, 11) is -2.07. The maximum Gasteiger partial charge on any atom is 0.255 e. The number of carbonyl (C=O) groups is 1. The lowest BCUT2D eigenvalue weighted by atomic mass is 10.2. The quantitative estimate of drug-likeness (QED) is 0.635. The summed E-state index contributed by atoms with van der Waals surface area (Å²) < 4.78 is 50.2. The second-order valence-corrected chi connectivity index (χ2v) is 7.23. The molecule has 0 atom stereocenters. The first-order valence-corrected chi connectivity index (χ1v) is 9.68. The Kier molecular flexibility index (Phi) is 7.28. The molecule has 27 heavy (non-hydrogen) atoms. The molecule has 0 aliphatic carbocycles. The van der Waals surface area contributed by atoms with E-state index in [0.717, 1.165) is 6.07 Å². The van der Waals surface area contributed by atoms with Gasteiger partial charge in [0.2, 0.25) is 10.0 Å². The number of hydrogen-bond donors (Lipinski definition) is 2. The molecule has 0 saturated heterocycles. The van der Waals surface area contributed by atoms with Gasteiger partial charge in [-0.15, -0.1) is 0 Å². The van der Waals surface area contributed by atoms with Gasteiger partial charge in [-0.3, -0.25) is 4.79 Å². The number of benzene rings is 2. The first kappa shape index (κ1) is 20.8. The van der Waals surface area contributed by atoms with Crippen molar-refractivity contribution in [3.8, 4) is 5.75 Å². The molecule has 2 aromatic rings. The summed E-state index contributed by atoms with van der Waals surface area (Å²) in [4.78, 5) is 12.3. The van der Waals surface area contributed by atoms with Crippen molar-refractivity contribution in [3.05, 3.63) is 53.8 Å². The van der Waals surface area contributed by atoms with Crippen LogP contribution in [0.4, 0.5) is 10.1 Å². The lowest BCUT2D eigenvalue weighted by molar-refractivity contribution is 0.102. The van der Waals surface area contributed by atoms with Crippen LogP contribution >= 0.6 is 0 Å². The van der Waals surface area contributed by atoms with Gasteiger partial charge in [0.15, 0.2) is 11.6 Å². The van der Waals surface area contributed by atoms with Crippen molar-refractivity contribution in [1.29, 1.82) is 0 Å². The van der Waals surface area contributed by atoms with Crippen molar-refractivity contribution in [2.45, 2.75) is 11.8 Å². The van der Waals surface area contributed by atoms with Crippen LogP contribution in [0.5, 0.6) is 5.75 Å². The first-order valence-electron chi connectivity index (χ1n) is 8.19. The van der Waals surface area contributed by atoms with Crippen LogP contribution in [-0.2, 0) is 14.8 Å². The van der Waals surface area contributed by atoms with Crippen LogP contribution in [0.1, 0.15) is 17.3 Å². The molecule has 0 aliphatic heterocycles. The van der Waals surface area contributed by atoms with Gasteiger partial charge in [0, 0.05) is 31.0 Å². The number of nitrogens with one attached hydrogen (secondary N) is 2. The van der Waals surface area contributed by atoms with Crippen LogP contribution in [0.3, 0.4) is 0 Å². The number of sulfonamides is 1. The fraction of sp³-hybridized carbons (Fsp3) is 0.278. The van der Waals surface area contributed by atoms with Gasteiger partial charge in [-0.25, -0.2) is 17.5 Å². The summed E-state index contributed by atoms with van der Waals surface area (Å²) in [6.45, 7) is 2.48. The Balaban J connectivity index is 2.05. The molecule has 0 spiro atoms. The lowest BCUT2D eigenvalue weighted by Crippen LogP contribution is -2.23. The molecule has 2 N–H and O–H groups in total. The molecule has 0 aliphatic rings. The van der Waals surface area contributed by atoms with E-state index in [1.165, 1.54) is 43.5 Å². The van der Waals surface area contributed by atoms with E-state index >= 15 is 0 Å². The molecule has 0 saturated carbocycles. The fourth-order valence-electron chi connectivity index (χ4n) is 2.19. The Morgan fingerprint density at radius 3 is 2.41 bits per heavy atom. The van der Waals surface area contributed by atoms with E-state index in [1.54, 1.807) is 6.92 Å². The Morgan fingerprint density at radius 1 is 1.11 bits per heavy atom. The minimum atomic E-state index is -3.59. The Hall–Kier alpha value is -2.49. The molecule has 2 aromatic carbocycles. The zero-order valence-electron chi connectivity index (χ0n) is 15.0. The smallest absolute Gasteiger partial charge is 0.255 e. The van der Waals surface area contributed by atoms with Gasteiger partial charge in [0.05, 0.1) is 11.5 Å². The van der Waals surface area contributed by atoms with Gasteiger partial charge < -0.3 is 14.8 Å². The number of amides is 1. The van der Waals surface area contributed by atoms with E-state index < -0.39 is 21.7 Å². The molecule has 0 aromatic heterocycles. The zero-order valence-corrected chi connectivity index (χ0v) is 15.8. The van der Waals surface area contributed by atoms with Crippen LogP contribution in [0.25, 0.3) is 0 Å². The van der Waals surface area contributed by atoms with Crippen LogP contribution in [0.2, 0.25) is 0 Å². The molecule has 0 unspecified atom stereocenters. The van der Waals surface area contributed by atoms with E-state index in [0.29, 0.717) is 6.61 Å². The minimum Gasteiger partial charge on any atom is -0.488 e. The van der Waals surface area contributed by atoms with Gasteiger partial charge in [-0.05, 0) is 36.4 Å². The standard InChI is InChI=1S/C18H21FN2O5S/c1-3-20-27(23,24)15-7-4-13(5-8-15)18(22)21-14-6-9-17(16(19)12-14)26-11-10-25-2/h4-9,12,20H,3,10-11H2,1-2H3,(H,21,22). The second-order valence-electron chi connectivity index (χ2n) is 5.47. The predicted octanol–water partition coefficient (Wildman–Crippen LogP) is 2.40. The molecule has 2 rings (SSSR count). The number of rotatable bonds is 9. The number of ether oxygens (including phenoxy) is 2. The van der Waals surface area contributed by atoms with Crippen LogP contribution in [0, 0.1) is 5.82 Å². The maximum absolute atomic E-state index is 14.0. The normalized spacial score (nSPS) is 11.2. The van der Waals surface area contributed by atoms with Crippen molar-refractivity contribution >= 4 is 21.6 Å². The molecule has 0 fully saturated rings. The van der Waals surface area contributed by atoms with Crippen molar-refractivity contribution in [3.63, 3.8) is 0 Å². The summed E-state index contributed by atoms with van der Waals surface area (Å²) in [5, 5.41) is 2.55. The number of hydrogen-bond acceptors (Lipinski definition) is 5. The summed E-state index contributed by atoms with van der Waals surface area (Å²) in [5.74, 6) is -1.05. The van der Waals surface area contributed by atoms with Gasteiger partial charge >= 0.3 is 0 Å². The predicted molar refractivity (Wildman–Crippen MR) is 99.0 cm³/mol. The summed E-state index contributed by atoms with van der Waals surface area (Å²) in [5.41, 5.74) is 0.493. The number of halogens is 1. The minimum absolute atomic E-state index is 0.0584.